The van der Waals surface area contributed by atoms with E-state index in [0.29, 0.717) is 22.5 Å². The Balaban J connectivity index is 1.85. The summed E-state index contributed by atoms with van der Waals surface area (Å²) in [6, 6.07) is 9.49. The fourth-order valence-corrected chi connectivity index (χ4v) is 2.46. The number of furan rings is 2. The van der Waals surface area contributed by atoms with Crippen LogP contribution >= 0.6 is 0 Å². The number of halogens is 1. The van der Waals surface area contributed by atoms with E-state index in [9.17, 15) is 14.0 Å². The number of hydrogen-bond acceptors (Lipinski definition) is 5. The molecule has 0 unspecified atom stereocenters. The lowest BCUT2D eigenvalue weighted by atomic mass is 10.0. The lowest BCUT2D eigenvalue weighted by Gasteiger charge is -2.02. The maximum absolute atomic E-state index is 14.0. The van der Waals surface area contributed by atoms with Crippen molar-refractivity contribution in [2.45, 2.75) is 12.8 Å². The van der Waals surface area contributed by atoms with Crippen LogP contribution in [0, 0.1) is 5.82 Å². The van der Waals surface area contributed by atoms with Crippen molar-refractivity contribution < 1.29 is 27.6 Å². The summed E-state index contributed by atoms with van der Waals surface area (Å²) in [5.74, 6) is -0.701. The summed E-state index contributed by atoms with van der Waals surface area (Å²) in [6.07, 6.45) is 2.83. The summed E-state index contributed by atoms with van der Waals surface area (Å²) in [7, 11) is 1.26. The van der Waals surface area contributed by atoms with E-state index in [1.165, 1.54) is 25.7 Å². The molecule has 0 aliphatic carbocycles. The molecule has 2 aromatic heterocycles. The van der Waals surface area contributed by atoms with Gasteiger partial charge in [0.25, 0.3) is 0 Å². The van der Waals surface area contributed by atoms with E-state index in [1.54, 1.807) is 30.3 Å². The van der Waals surface area contributed by atoms with Gasteiger partial charge in [0.05, 0.1) is 31.6 Å². The van der Waals surface area contributed by atoms with Crippen molar-refractivity contribution >= 4 is 11.8 Å². The molecule has 0 atom stereocenters. The minimum Gasteiger partial charge on any atom is -0.469 e. The highest BCUT2D eigenvalue weighted by Gasteiger charge is 2.19. The topological polar surface area (TPSA) is 69.7 Å². The minimum absolute atomic E-state index is 0.00875. The zero-order chi connectivity index (χ0) is 17.8. The molecule has 3 aromatic rings. The average Bonchev–Trinajstić information content (AvgIpc) is 3.28. The Morgan fingerprint density at radius 1 is 1.08 bits per heavy atom. The Hall–Kier alpha value is -3.15. The highest BCUT2D eigenvalue weighted by molar-refractivity contribution is 5.96. The van der Waals surface area contributed by atoms with Gasteiger partial charge < -0.3 is 13.6 Å². The second kappa shape index (κ2) is 7.17. The summed E-state index contributed by atoms with van der Waals surface area (Å²) >= 11 is 0. The van der Waals surface area contributed by atoms with Gasteiger partial charge in [-0.3, -0.25) is 9.59 Å². The largest absolute Gasteiger partial charge is 0.469 e. The monoisotopic (exact) mass is 342 g/mol. The maximum atomic E-state index is 14.0. The summed E-state index contributed by atoms with van der Waals surface area (Å²) in [5.41, 5.74) is 1.52. The average molecular weight is 342 g/mol. The quantitative estimate of drug-likeness (QED) is 0.488. The van der Waals surface area contributed by atoms with Crippen LogP contribution in [0.1, 0.15) is 23.4 Å². The molecule has 0 radical (unpaired) electrons. The number of carbonyl (C=O) groups is 2. The number of methoxy groups -OCH3 is 1. The number of esters is 1. The molecule has 0 saturated carbocycles. The molecule has 0 bridgehead atoms. The number of carbonyl (C=O) groups excluding carboxylic acids is 2. The highest BCUT2D eigenvalue weighted by atomic mass is 19.1. The predicted octanol–water partition coefficient (Wildman–Crippen LogP) is 4.48. The third-order valence-electron chi connectivity index (χ3n) is 3.75. The number of benzene rings is 1. The highest BCUT2D eigenvalue weighted by Crippen LogP contribution is 2.35. The van der Waals surface area contributed by atoms with E-state index in [1.807, 2.05) is 0 Å². The molecule has 5 nitrogen and oxygen atoms in total. The molecular weight excluding hydrogens is 327 g/mol. The zero-order valence-corrected chi connectivity index (χ0v) is 13.5. The lowest BCUT2D eigenvalue weighted by Crippen LogP contribution is -2.05. The molecule has 128 valence electrons. The normalized spacial score (nSPS) is 10.6. The number of ether oxygens (including phenoxy) is 1. The van der Waals surface area contributed by atoms with Crippen LogP contribution in [0.4, 0.5) is 4.39 Å². The van der Waals surface area contributed by atoms with Crippen LogP contribution in [0.5, 0.6) is 0 Å². The van der Waals surface area contributed by atoms with Crippen molar-refractivity contribution in [1.29, 1.82) is 0 Å². The third-order valence-corrected chi connectivity index (χ3v) is 3.75. The van der Waals surface area contributed by atoms with Crippen LogP contribution in [0.2, 0.25) is 0 Å². The van der Waals surface area contributed by atoms with Crippen molar-refractivity contribution in [2.75, 3.05) is 7.11 Å². The molecule has 3 rings (SSSR count). The fourth-order valence-electron chi connectivity index (χ4n) is 2.46. The van der Waals surface area contributed by atoms with Crippen molar-refractivity contribution in [3.8, 4) is 22.5 Å². The van der Waals surface area contributed by atoms with Crippen LogP contribution in [-0.4, -0.2) is 18.9 Å². The summed E-state index contributed by atoms with van der Waals surface area (Å²) in [5, 5.41) is 0. The summed E-state index contributed by atoms with van der Waals surface area (Å²) in [6.45, 7) is 0. The summed E-state index contributed by atoms with van der Waals surface area (Å²) < 4.78 is 29.2. The van der Waals surface area contributed by atoms with Gasteiger partial charge in [-0.25, -0.2) is 4.39 Å². The first-order valence-electron chi connectivity index (χ1n) is 7.61. The van der Waals surface area contributed by atoms with Crippen LogP contribution in [0.3, 0.4) is 0 Å². The molecule has 25 heavy (non-hydrogen) atoms. The number of rotatable bonds is 6. The predicted molar refractivity (Wildman–Crippen MR) is 87.4 cm³/mol. The van der Waals surface area contributed by atoms with Gasteiger partial charge in [0.1, 0.15) is 11.6 Å². The van der Waals surface area contributed by atoms with Gasteiger partial charge >= 0.3 is 5.97 Å². The Morgan fingerprint density at radius 3 is 2.64 bits per heavy atom. The zero-order valence-electron chi connectivity index (χ0n) is 13.5. The molecule has 0 saturated heterocycles. The molecule has 1 aromatic carbocycles. The number of ketones is 1. The van der Waals surface area contributed by atoms with Gasteiger partial charge in [-0.2, -0.15) is 0 Å². The van der Waals surface area contributed by atoms with Crippen LogP contribution < -0.4 is 0 Å². The first-order chi connectivity index (χ1) is 12.1. The molecule has 2 heterocycles. The molecule has 0 fully saturated rings. The maximum Gasteiger partial charge on any atom is 0.305 e. The van der Waals surface area contributed by atoms with Gasteiger partial charge in [-0.05, 0) is 24.3 Å². The third kappa shape index (κ3) is 3.52. The Kier molecular flexibility index (Phi) is 4.79. The van der Waals surface area contributed by atoms with E-state index in [4.69, 9.17) is 8.83 Å². The van der Waals surface area contributed by atoms with Crippen molar-refractivity contribution in [2.24, 2.45) is 0 Å². The SMILES string of the molecule is COC(=O)CCC(=O)c1cc(-c2ccoc2-c2ccccc2F)co1. The van der Waals surface area contributed by atoms with E-state index >= 15 is 0 Å². The van der Waals surface area contributed by atoms with E-state index in [2.05, 4.69) is 4.74 Å². The molecule has 0 spiro atoms. The minimum atomic E-state index is -0.461. The first kappa shape index (κ1) is 16.7. The van der Waals surface area contributed by atoms with Gasteiger partial charge in [0, 0.05) is 17.5 Å². The Labute approximate surface area is 143 Å². The summed E-state index contributed by atoms with van der Waals surface area (Å²) in [4.78, 5) is 23.2. The molecule has 0 amide bonds. The van der Waals surface area contributed by atoms with Crippen molar-refractivity contribution in [3.05, 3.63) is 60.5 Å². The lowest BCUT2D eigenvalue weighted by molar-refractivity contribution is -0.140. The number of Topliss-reactive ketones (excluding diaryl/α,β-unsaturated/α-hetero) is 1. The van der Waals surface area contributed by atoms with Crippen LogP contribution in [0.15, 0.2) is 57.8 Å². The molecular formula is C19H15FO5. The van der Waals surface area contributed by atoms with Gasteiger partial charge in [0.15, 0.2) is 11.5 Å². The molecule has 0 N–H and O–H groups in total. The Bertz CT molecular complexity index is 906. The van der Waals surface area contributed by atoms with Crippen molar-refractivity contribution in [3.63, 3.8) is 0 Å². The van der Waals surface area contributed by atoms with Crippen LogP contribution in [-0.2, 0) is 9.53 Å². The second-order valence-corrected chi connectivity index (χ2v) is 5.34. The Morgan fingerprint density at radius 2 is 1.88 bits per heavy atom. The van der Waals surface area contributed by atoms with E-state index < -0.39 is 11.8 Å². The molecule has 0 aliphatic rings. The van der Waals surface area contributed by atoms with E-state index in [-0.39, 0.29) is 24.4 Å². The van der Waals surface area contributed by atoms with Gasteiger partial charge in [0.2, 0.25) is 0 Å². The van der Waals surface area contributed by atoms with Gasteiger partial charge in [-0.1, -0.05) is 12.1 Å². The standard InChI is InChI=1S/C19H15FO5/c1-23-18(22)7-6-16(21)17-10-12(11-25-17)13-8-9-24-19(13)14-4-2-3-5-15(14)20/h2-5,8-11H,6-7H2,1H3. The smallest absolute Gasteiger partial charge is 0.305 e. The first-order valence-corrected chi connectivity index (χ1v) is 7.61. The molecule has 6 heteroatoms. The second-order valence-electron chi connectivity index (χ2n) is 5.34. The van der Waals surface area contributed by atoms with Crippen molar-refractivity contribution in [1.82, 2.24) is 0 Å². The van der Waals surface area contributed by atoms with Crippen LogP contribution in [0.25, 0.3) is 22.5 Å². The fraction of sp³-hybridized carbons (Fsp3) is 0.158. The van der Waals surface area contributed by atoms with E-state index in [0.717, 1.165) is 0 Å². The number of hydrogen-bond donors (Lipinski definition) is 0. The molecule has 0 aliphatic heterocycles. The van der Waals surface area contributed by atoms with Gasteiger partial charge in [-0.15, -0.1) is 0 Å².